The Morgan fingerprint density at radius 2 is 2.50 bits per heavy atom. The summed E-state index contributed by atoms with van der Waals surface area (Å²) in [4.78, 5) is 6.52. The molecule has 1 fully saturated rings. The van der Waals surface area contributed by atoms with Crippen LogP contribution < -0.4 is 0 Å². The second-order valence-electron chi connectivity index (χ2n) is 4.14. The van der Waals surface area contributed by atoms with Crippen LogP contribution in [0, 0.1) is 0 Å². The lowest BCUT2D eigenvalue weighted by Crippen LogP contribution is -2.21. The molecule has 5 heteroatoms. The van der Waals surface area contributed by atoms with Crippen LogP contribution >= 0.6 is 0 Å². The van der Waals surface area contributed by atoms with Crippen molar-refractivity contribution in [1.29, 1.82) is 0 Å². The molecule has 84 valence electrons. The van der Waals surface area contributed by atoms with E-state index in [2.05, 4.69) is 15.0 Å². The van der Waals surface area contributed by atoms with Gasteiger partial charge in [0.1, 0.15) is 6.26 Å². The third-order valence-electron chi connectivity index (χ3n) is 3.02. The van der Waals surface area contributed by atoms with Crippen LogP contribution in [-0.2, 0) is 6.54 Å². The molecular weight excluding hydrogens is 204 g/mol. The summed E-state index contributed by atoms with van der Waals surface area (Å²) in [5.41, 5.74) is 1.00. The molecule has 0 N–H and O–H groups in total. The second-order valence-corrected chi connectivity index (χ2v) is 4.14. The summed E-state index contributed by atoms with van der Waals surface area (Å²) in [5.74, 6) is 0. The quantitative estimate of drug-likeness (QED) is 0.779. The molecule has 1 saturated heterocycles. The maximum Gasteiger partial charge on any atom is 0.180 e. The fourth-order valence-corrected chi connectivity index (χ4v) is 2.21. The molecule has 0 spiro atoms. The number of nitrogens with zero attached hydrogens (tertiary/aromatic N) is 4. The van der Waals surface area contributed by atoms with Gasteiger partial charge in [0.2, 0.25) is 0 Å². The molecule has 1 aliphatic rings. The van der Waals surface area contributed by atoms with E-state index in [0.29, 0.717) is 6.04 Å². The minimum absolute atomic E-state index is 0.502. The van der Waals surface area contributed by atoms with Crippen molar-refractivity contribution < 1.29 is 4.42 Å². The minimum atomic E-state index is 0.502. The zero-order chi connectivity index (χ0) is 10.8. The predicted octanol–water partition coefficient (Wildman–Crippen LogP) is 1.32. The molecule has 3 heterocycles. The standard InChI is InChI=1S/C11H14N4O/c1-3-13-15(4-1)11-2-5-14(7-11)6-10-8-16-9-12-10/h1,3-4,8-9,11H,2,5-7H2. The van der Waals surface area contributed by atoms with Crippen molar-refractivity contribution in [3.05, 3.63) is 36.8 Å². The van der Waals surface area contributed by atoms with Crippen molar-refractivity contribution in [2.45, 2.75) is 19.0 Å². The van der Waals surface area contributed by atoms with Gasteiger partial charge in [-0.15, -0.1) is 0 Å². The Hall–Kier alpha value is -1.62. The fraction of sp³-hybridized carbons (Fsp3) is 0.455. The van der Waals surface area contributed by atoms with Gasteiger partial charge in [-0.1, -0.05) is 0 Å². The highest BCUT2D eigenvalue weighted by atomic mass is 16.3. The molecule has 2 aromatic rings. The third kappa shape index (κ3) is 1.86. The van der Waals surface area contributed by atoms with E-state index < -0.39 is 0 Å². The smallest absolute Gasteiger partial charge is 0.180 e. The van der Waals surface area contributed by atoms with Crippen molar-refractivity contribution in [2.75, 3.05) is 13.1 Å². The maximum absolute atomic E-state index is 4.97. The maximum atomic E-state index is 4.97. The minimum Gasteiger partial charge on any atom is -0.451 e. The Morgan fingerprint density at radius 1 is 1.50 bits per heavy atom. The Labute approximate surface area is 93.7 Å². The second kappa shape index (κ2) is 4.09. The van der Waals surface area contributed by atoms with Gasteiger partial charge in [0.05, 0.1) is 11.7 Å². The van der Waals surface area contributed by atoms with Gasteiger partial charge < -0.3 is 4.42 Å². The monoisotopic (exact) mass is 218 g/mol. The molecule has 5 nitrogen and oxygen atoms in total. The highest BCUT2D eigenvalue weighted by Gasteiger charge is 2.24. The molecule has 0 aliphatic carbocycles. The van der Waals surface area contributed by atoms with Gasteiger partial charge in [-0.2, -0.15) is 5.10 Å². The van der Waals surface area contributed by atoms with Gasteiger partial charge in [0, 0.05) is 32.0 Å². The predicted molar refractivity (Wildman–Crippen MR) is 57.7 cm³/mol. The van der Waals surface area contributed by atoms with Gasteiger partial charge in [0.15, 0.2) is 6.39 Å². The van der Waals surface area contributed by atoms with E-state index in [1.54, 1.807) is 6.26 Å². The molecule has 0 saturated carbocycles. The first-order valence-corrected chi connectivity index (χ1v) is 5.50. The summed E-state index contributed by atoms with van der Waals surface area (Å²) >= 11 is 0. The number of oxazole rings is 1. The van der Waals surface area contributed by atoms with Crippen molar-refractivity contribution in [1.82, 2.24) is 19.7 Å². The summed E-state index contributed by atoms with van der Waals surface area (Å²) in [6.07, 6.45) is 8.21. The highest BCUT2D eigenvalue weighted by molar-refractivity contribution is 4.93. The van der Waals surface area contributed by atoms with Crippen LogP contribution in [0.2, 0.25) is 0 Å². The molecule has 1 unspecified atom stereocenters. The molecule has 0 amide bonds. The summed E-state index contributed by atoms with van der Waals surface area (Å²) in [6, 6.07) is 2.47. The lowest BCUT2D eigenvalue weighted by atomic mass is 10.3. The van der Waals surface area contributed by atoms with Crippen molar-refractivity contribution in [3.8, 4) is 0 Å². The molecule has 1 atom stereocenters. The number of hydrogen-bond donors (Lipinski definition) is 0. The van der Waals surface area contributed by atoms with Crippen LogP contribution in [0.5, 0.6) is 0 Å². The van der Waals surface area contributed by atoms with E-state index in [4.69, 9.17) is 4.42 Å². The van der Waals surface area contributed by atoms with Gasteiger partial charge in [-0.25, -0.2) is 4.98 Å². The van der Waals surface area contributed by atoms with E-state index in [-0.39, 0.29) is 0 Å². The number of aromatic nitrogens is 3. The van der Waals surface area contributed by atoms with Crippen LogP contribution in [-0.4, -0.2) is 32.8 Å². The average molecular weight is 218 g/mol. The average Bonchev–Trinajstić information content (AvgIpc) is 2.99. The van der Waals surface area contributed by atoms with Crippen molar-refractivity contribution >= 4 is 0 Å². The zero-order valence-corrected chi connectivity index (χ0v) is 8.99. The van der Waals surface area contributed by atoms with Crippen LogP contribution in [0.4, 0.5) is 0 Å². The van der Waals surface area contributed by atoms with E-state index >= 15 is 0 Å². The summed E-state index contributed by atoms with van der Waals surface area (Å²) in [7, 11) is 0. The molecule has 0 bridgehead atoms. The van der Waals surface area contributed by atoms with E-state index in [1.165, 1.54) is 6.39 Å². The lowest BCUT2D eigenvalue weighted by Gasteiger charge is -2.14. The van der Waals surface area contributed by atoms with Crippen molar-refractivity contribution in [2.24, 2.45) is 0 Å². The molecule has 0 aromatic carbocycles. The molecule has 2 aromatic heterocycles. The lowest BCUT2D eigenvalue weighted by molar-refractivity contribution is 0.308. The Kier molecular flexibility index (Phi) is 2.46. The van der Waals surface area contributed by atoms with Crippen LogP contribution in [0.1, 0.15) is 18.2 Å². The van der Waals surface area contributed by atoms with E-state index in [0.717, 1.165) is 31.7 Å². The van der Waals surface area contributed by atoms with E-state index in [9.17, 15) is 0 Å². The Balaban J connectivity index is 1.61. The Morgan fingerprint density at radius 3 is 3.25 bits per heavy atom. The summed E-state index contributed by atoms with van der Waals surface area (Å²) in [6.45, 7) is 3.00. The highest BCUT2D eigenvalue weighted by Crippen LogP contribution is 2.21. The molecule has 16 heavy (non-hydrogen) atoms. The van der Waals surface area contributed by atoms with Crippen LogP contribution in [0.3, 0.4) is 0 Å². The van der Waals surface area contributed by atoms with Gasteiger partial charge in [0.25, 0.3) is 0 Å². The largest absolute Gasteiger partial charge is 0.451 e. The first kappa shape index (κ1) is 9.59. The third-order valence-corrected chi connectivity index (χ3v) is 3.02. The summed E-state index contributed by atoms with van der Waals surface area (Å²) < 4.78 is 7.01. The van der Waals surface area contributed by atoms with Gasteiger partial charge >= 0.3 is 0 Å². The molecule has 3 rings (SSSR count). The number of hydrogen-bond acceptors (Lipinski definition) is 4. The molecular formula is C11H14N4O. The number of rotatable bonds is 3. The fourth-order valence-electron chi connectivity index (χ4n) is 2.21. The topological polar surface area (TPSA) is 47.1 Å². The number of likely N-dealkylation sites (tertiary alicyclic amines) is 1. The molecule has 1 aliphatic heterocycles. The SMILES string of the molecule is c1cnn(C2CCN(Cc3cocn3)C2)c1. The van der Waals surface area contributed by atoms with Crippen LogP contribution in [0.15, 0.2) is 35.5 Å². The van der Waals surface area contributed by atoms with E-state index in [1.807, 2.05) is 23.1 Å². The van der Waals surface area contributed by atoms with Crippen molar-refractivity contribution in [3.63, 3.8) is 0 Å². The Bertz CT molecular complexity index is 423. The van der Waals surface area contributed by atoms with Crippen LogP contribution in [0.25, 0.3) is 0 Å². The van der Waals surface area contributed by atoms with Gasteiger partial charge in [-0.3, -0.25) is 9.58 Å². The van der Waals surface area contributed by atoms with Gasteiger partial charge in [-0.05, 0) is 12.5 Å². The normalized spacial score (nSPS) is 21.6. The first-order valence-electron chi connectivity index (χ1n) is 5.50. The zero-order valence-electron chi connectivity index (χ0n) is 8.99. The molecule has 0 radical (unpaired) electrons. The first-order chi connectivity index (χ1) is 7.92. The summed E-state index contributed by atoms with van der Waals surface area (Å²) in [5, 5.41) is 4.29.